The molecule has 0 fully saturated rings. The lowest BCUT2D eigenvalue weighted by molar-refractivity contribution is -0.110. The molecule has 1 atom stereocenters. The second-order valence-corrected chi connectivity index (χ2v) is 6.91. The van der Waals surface area contributed by atoms with Crippen LogP contribution in [-0.4, -0.2) is 23.1 Å². The molecule has 3 N–H and O–H groups in total. The monoisotopic (exact) mass is 402 g/mol. The van der Waals surface area contributed by atoms with Crippen LogP contribution in [-0.2, 0) is 4.79 Å². The zero-order chi connectivity index (χ0) is 20.4. The van der Waals surface area contributed by atoms with E-state index < -0.39 is 6.10 Å². The number of aromatic amines is 1. The molecule has 4 rings (SSSR count). The number of anilines is 1. The number of carbonyl (C=O) groups excluding carboxylic acids is 1. The smallest absolute Gasteiger partial charge is 0.256 e. The van der Waals surface area contributed by atoms with E-state index in [0.29, 0.717) is 44.3 Å². The van der Waals surface area contributed by atoms with Crippen molar-refractivity contribution in [1.29, 1.82) is 0 Å². The summed E-state index contributed by atoms with van der Waals surface area (Å²) in [6, 6.07) is 14.5. The summed E-state index contributed by atoms with van der Waals surface area (Å²) in [6.07, 6.45) is 2.50. The maximum Gasteiger partial charge on any atom is 0.256 e. The number of carbonyl (C=O) groups is 1. The van der Waals surface area contributed by atoms with Crippen LogP contribution in [0.25, 0.3) is 11.6 Å². The molecule has 1 aliphatic rings. The molecular formula is C23H18N2O3S. The van der Waals surface area contributed by atoms with Crippen LogP contribution in [0.5, 0.6) is 5.75 Å². The van der Waals surface area contributed by atoms with Gasteiger partial charge >= 0.3 is 0 Å². The third-order valence-corrected chi connectivity index (χ3v) is 5.06. The molecule has 0 radical (unpaired) electrons. The van der Waals surface area contributed by atoms with E-state index in [1.807, 2.05) is 30.3 Å². The summed E-state index contributed by atoms with van der Waals surface area (Å²) in [4.78, 5) is 16.3. The van der Waals surface area contributed by atoms with Crippen molar-refractivity contribution in [2.45, 2.75) is 11.0 Å². The summed E-state index contributed by atoms with van der Waals surface area (Å²) in [5.74, 6) is 6.31. The Hall–Kier alpha value is -3.40. The van der Waals surface area contributed by atoms with Gasteiger partial charge in [-0.25, -0.2) is 0 Å². The van der Waals surface area contributed by atoms with Crippen LogP contribution in [0.3, 0.4) is 0 Å². The minimum atomic E-state index is -0.986. The number of aliphatic hydroxyl groups excluding tert-OH is 1. The predicted molar refractivity (Wildman–Crippen MR) is 116 cm³/mol. The fourth-order valence-electron chi connectivity index (χ4n) is 3.24. The Morgan fingerprint density at radius 3 is 2.79 bits per heavy atom. The van der Waals surface area contributed by atoms with Crippen LogP contribution in [0.4, 0.5) is 5.69 Å². The van der Waals surface area contributed by atoms with Gasteiger partial charge in [0, 0.05) is 27.8 Å². The maximum atomic E-state index is 12.6. The molecule has 1 amide bonds. The zero-order valence-corrected chi connectivity index (χ0v) is 16.5. The van der Waals surface area contributed by atoms with Crippen LogP contribution in [0.2, 0.25) is 0 Å². The molecule has 1 aromatic heterocycles. The summed E-state index contributed by atoms with van der Waals surface area (Å²) in [7, 11) is 1.57. The number of rotatable bonds is 3. The van der Waals surface area contributed by atoms with E-state index in [4.69, 9.17) is 4.74 Å². The second kappa shape index (κ2) is 7.92. The number of amides is 1. The van der Waals surface area contributed by atoms with E-state index in [0.717, 1.165) is 0 Å². The first-order chi connectivity index (χ1) is 14.1. The molecule has 0 bridgehead atoms. The van der Waals surface area contributed by atoms with Crippen molar-refractivity contribution in [2.24, 2.45) is 0 Å². The van der Waals surface area contributed by atoms with Gasteiger partial charge in [0.05, 0.1) is 24.1 Å². The Morgan fingerprint density at radius 1 is 1.17 bits per heavy atom. The van der Waals surface area contributed by atoms with Gasteiger partial charge in [0.25, 0.3) is 5.91 Å². The topological polar surface area (TPSA) is 74.4 Å². The summed E-state index contributed by atoms with van der Waals surface area (Å²) >= 11 is 4.37. The summed E-state index contributed by atoms with van der Waals surface area (Å²) in [6.45, 7) is 0. The van der Waals surface area contributed by atoms with Gasteiger partial charge in [-0.05, 0) is 30.3 Å². The molecule has 0 saturated heterocycles. The quantitative estimate of drug-likeness (QED) is 0.305. The molecule has 29 heavy (non-hydrogen) atoms. The Labute approximate surface area is 173 Å². The highest BCUT2D eigenvalue weighted by Crippen LogP contribution is 2.36. The van der Waals surface area contributed by atoms with Crippen LogP contribution in [0, 0.1) is 11.8 Å². The number of aliphatic hydroxyl groups is 1. The number of fused-ring (bicyclic) bond motifs is 1. The first-order valence-electron chi connectivity index (χ1n) is 8.94. The number of H-pyrrole nitrogens is 1. The van der Waals surface area contributed by atoms with Crippen LogP contribution < -0.4 is 10.1 Å². The molecule has 144 valence electrons. The second-order valence-electron chi connectivity index (χ2n) is 6.43. The molecule has 0 spiro atoms. The van der Waals surface area contributed by atoms with Gasteiger partial charge in [-0.2, -0.15) is 0 Å². The molecule has 1 aliphatic heterocycles. The Bertz CT molecular complexity index is 1180. The van der Waals surface area contributed by atoms with Crippen LogP contribution >= 0.6 is 12.6 Å². The summed E-state index contributed by atoms with van der Waals surface area (Å²) in [5.41, 5.74) is 3.84. The van der Waals surface area contributed by atoms with E-state index in [9.17, 15) is 9.90 Å². The van der Waals surface area contributed by atoms with Crippen molar-refractivity contribution in [3.05, 3.63) is 77.1 Å². The summed E-state index contributed by atoms with van der Waals surface area (Å²) < 4.78 is 5.31. The maximum absolute atomic E-state index is 12.6. The zero-order valence-electron chi connectivity index (χ0n) is 15.6. The minimum absolute atomic E-state index is 0.216. The number of aromatic nitrogens is 1. The van der Waals surface area contributed by atoms with E-state index in [2.05, 4.69) is 34.8 Å². The first kappa shape index (κ1) is 18.9. The highest BCUT2D eigenvalue weighted by Gasteiger charge is 2.27. The molecule has 2 aromatic carbocycles. The van der Waals surface area contributed by atoms with E-state index in [1.165, 1.54) is 0 Å². The SMILES string of the molecule is COc1cc[nH]c1C=C1C(=O)Nc2cccc(C#CC(O)c3ccccc3S)c21. The molecule has 6 heteroatoms. The fourth-order valence-corrected chi connectivity index (χ4v) is 3.52. The number of methoxy groups -OCH3 is 1. The number of hydrogen-bond donors (Lipinski definition) is 4. The standard InChI is InChI=1S/C23H18N2O3S/c1-28-20-11-12-24-18(20)13-16-22-14(5-4-7-17(22)25-23(16)27)9-10-19(26)15-6-2-3-8-21(15)29/h2-8,11-13,19,24,26,29H,1H3,(H,25,27). The van der Waals surface area contributed by atoms with Crippen molar-refractivity contribution in [1.82, 2.24) is 4.98 Å². The largest absolute Gasteiger partial charge is 0.495 e. The Balaban J connectivity index is 1.75. The highest BCUT2D eigenvalue weighted by molar-refractivity contribution is 7.80. The van der Waals surface area contributed by atoms with Gasteiger partial charge in [0.2, 0.25) is 0 Å². The lowest BCUT2D eigenvalue weighted by Gasteiger charge is -2.07. The van der Waals surface area contributed by atoms with E-state index >= 15 is 0 Å². The third-order valence-electron chi connectivity index (χ3n) is 4.65. The molecule has 3 aromatic rings. The van der Waals surface area contributed by atoms with E-state index in [-0.39, 0.29) is 5.91 Å². The average Bonchev–Trinajstić information content (AvgIpc) is 3.30. The van der Waals surface area contributed by atoms with Crippen molar-refractivity contribution in [3.63, 3.8) is 0 Å². The molecular weight excluding hydrogens is 384 g/mol. The number of benzene rings is 2. The first-order valence-corrected chi connectivity index (χ1v) is 9.38. The Morgan fingerprint density at radius 2 is 2.00 bits per heavy atom. The number of nitrogens with one attached hydrogen (secondary N) is 2. The van der Waals surface area contributed by atoms with Gasteiger partial charge in [0.1, 0.15) is 11.9 Å². The fraction of sp³-hybridized carbons (Fsp3) is 0.0870. The predicted octanol–water partition coefficient (Wildman–Crippen LogP) is 3.89. The van der Waals surface area contributed by atoms with Crippen molar-refractivity contribution in [3.8, 4) is 17.6 Å². The molecule has 2 heterocycles. The van der Waals surface area contributed by atoms with Gasteiger partial charge in [-0.15, -0.1) is 12.6 Å². The molecule has 0 aliphatic carbocycles. The summed E-state index contributed by atoms with van der Waals surface area (Å²) in [5, 5.41) is 13.3. The lowest BCUT2D eigenvalue weighted by atomic mass is 9.99. The number of hydrogen-bond acceptors (Lipinski definition) is 4. The van der Waals surface area contributed by atoms with Gasteiger partial charge in [-0.3, -0.25) is 4.79 Å². The van der Waals surface area contributed by atoms with Crippen molar-refractivity contribution >= 4 is 35.9 Å². The van der Waals surface area contributed by atoms with Crippen LogP contribution in [0.15, 0.2) is 59.6 Å². The third kappa shape index (κ3) is 3.66. The normalized spacial score (nSPS) is 14.7. The van der Waals surface area contributed by atoms with Crippen molar-refractivity contribution in [2.75, 3.05) is 12.4 Å². The molecule has 0 saturated carbocycles. The van der Waals surface area contributed by atoms with Gasteiger partial charge in [0.15, 0.2) is 0 Å². The lowest BCUT2D eigenvalue weighted by Crippen LogP contribution is -2.03. The number of thiol groups is 1. The van der Waals surface area contributed by atoms with Gasteiger partial charge in [-0.1, -0.05) is 36.1 Å². The molecule has 1 unspecified atom stereocenters. The van der Waals surface area contributed by atoms with Gasteiger partial charge < -0.3 is 20.1 Å². The highest BCUT2D eigenvalue weighted by atomic mass is 32.1. The Kier molecular flexibility index (Phi) is 5.17. The van der Waals surface area contributed by atoms with E-state index in [1.54, 1.807) is 37.6 Å². The minimum Gasteiger partial charge on any atom is -0.495 e. The number of ether oxygens (including phenoxy) is 1. The average molecular weight is 402 g/mol. The van der Waals surface area contributed by atoms with Crippen molar-refractivity contribution < 1.29 is 14.6 Å². The van der Waals surface area contributed by atoms with Crippen LogP contribution in [0.1, 0.15) is 28.5 Å². The molecule has 5 nitrogen and oxygen atoms in total.